The Morgan fingerprint density at radius 1 is 1.42 bits per heavy atom. The fraction of sp³-hybridized carbons (Fsp3) is 1.00. The Bertz CT molecular complexity index is 121. The van der Waals surface area contributed by atoms with Gasteiger partial charge in [0.05, 0.1) is 6.61 Å². The van der Waals surface area contributed by atoms with E-state index in [-0.39, 0.29) is 0 Å². The van der Waals surface area contributed by atoms with Gasteiger partial charge in [-0.05, 0) is 31.1 Å². The van der Waals surface area contributed by atoms with Crippen molar-refractivity contribution in [1.82, 2.24) is 0 Å². The van der Waals surface area contributed by atoms with Gasteiger partial charge in [-0.2, -0.15) is 0 Å². The molecule has 0 aromatic heterocycles. The van der Waals surface area contributed by atoms with Gasteiger partial charge >= 0.3 is 0 Å². The highest BCUT2D eigenvalue weighted by Gasteiger charge is 2.28. The van der Waals surface area contributed by atoms with Crippen LogP contribution in [0, 0.1) is 11.8 Å². The second-order valence-corrected chi connectivity index (χ2v) is 4.26. The quantitative estimate of drug-likeness (QED) is 0.618. The maximum atomic E-state index is 5.87. The molecule has 12 heavy (non-hydrogen) atoms. The van der Waals surface area contributed by atoms with Crippen molar-refractivity contribution in [3.63, 3.8) is 0 Å². The number of ether oxygens (including phenoxy) is 1. The second-order valence-electron chi connectivity index (χ2n) is 4.26. The molecule has 0 heterocycles. The van der Waals surface area contributed by atoms with E-state index in [1.165, 1.54) is 12.8 Å². The van der Waals surface area contributed by atoms with Crippen LogP contribution >= 0.6 is 0 Å². The van der Waals surface area contributed by atoms with Crippen LogP contribution in [0.5, 0.6) is 0 Å². The molecule has 72 valence electrons. The van der Waals surface area contributed by atoms with E-state index in [1.807, 2.05) is 0 Å². The van der Waals surface area contributed by atoms with Gasteiger partial charge in [0.15, 0.2) is 0 Å². The van der Waals surface area contributed by atoms with Gasteiger partial charge in [0.25, 0.3) is 0 Å². The minimum Gasteiger partial charge on any atom is -0.380 e. The molecule has 0 aliphatic heterocycles. The van der Waals surface area contributed by atoms with Crippen LogP contribution in [0.4, 0.5) is 0 Å². The molecule has 0 amide bonds. The van der Waals surface area contributed by atoms with Crippen molar-refractivity contribution in [1.29, 1.82) is 0 Å². The smallest absolute Gasteiger partial charge is 0.0620 e. The van der Waals surface area contributed by atoms with Gasteiger partial charge in [-0.3, -0.25) is 0 Å². The van der Waals surface area contributed by atoms with E-state index in [9.17, 15) is 0 Å². The van der Waals surface area contributed by atoms with Crippen LogP contribution in [-0.4, -0.2) is 19.3 Å². The maximum Gasteiger partial charge on any atom is 0.0620 e. The first-order valence-electron chi connectivity index (χ1n) is 5.03. The molecule has 2 N–H and O–H groups in total. The third-order valence-corrected chi connectivity index (χ3v) is 2.38. The Morgan fingerprint density at radius 3 is 2.58 bits per heavy atom. The second kappa shape index (κ2) is 4.83. The van der Waals surface area contributed by atoms with Crippen molar-refractivity contribution in [3.05, 3.63) is 0 Å². The van der Waals surface area contributed by atoms with E-state index < -0.39 is 0 Å². The fourth-order valence-corrected chi connectivity index (χ4v) is 1.20. The van der Waals surface area contributed by atoms with E-state index in [4.69, 9.17) is 10.5 Å². The molecule has 0 aromatic carbocycles. The van der Waals surface area contributed by atoms with Crippen LogP contribution in [0.2, 0.25) is 0 Å². The van der Waals surface area contributed by atoms with Crippen LogP contribution < -0.4 is 5.73 Å². The summed E-state index contributed by atoms with van der Waals surface area (Å²) in [5.74, 6) is 1.51. The molecule has 0 aromatic rings. The van der Waals surface area contributed by atoms with Crippen molar-refractivity contribution in [2.45, 2.75) is 39.2 Å². The normalized spacial score (nSPS) is 20.0. The summed E-state index contributed by atoms with van der Waals surface area (Å²) < 4.78 is 5.48. The molecule has 2 nitrogen and oxygen atoms in total. The Labute approximate surface area is 75.5 Å². The SMILES string of the molecule is CC(C)CCOCC(N)C1CC1. The zero-order valence-electron chi connectivity index (χ0n) is 8.25. The van der Waals surface area contributed by atoms with Gasteiger partial charge in [-0.1, -0.05) is 13.8 Å². The monoisotopic (exact) mass is 171 g/mol. The first kappa shape index (κ1) is 10.0. The highest BCUT2D eigenvalue weighted by Crippen LogP contribution is 2.31. The third kappa shape index (κ3) is 4.07. The summed E-state index contributed by atoms with van der Waals surface area (Å²) in [6, 6.07) is 0.303. The molecule has 1 aliphatic rings. The largest absolute Gasteiger partial charge is 0.380 e. The van der Waals surface area contributed by atoms with Crippen LogP contribution in [0.25, 0.3) is 0 Å². The lowest BCUT2D eigenvalue weighted by atomic mass is 10.1. The zero-order valence-corrected chi connectivity index (χ0v) is 8.25. The lowest BCUT2D eigenvalue weighted by Crippen LogP contribution is -2.28. The maximum absolute atomic E-state index is 5.87. The molecule has 1 saturated carbocycles. The van der Waals surface area contributed by atoms with Gasteiger partial charge in [0.2, 0.25) is 0 Å². The van der Waals surface area contributed by atoms with Crippen LogP contribution in [-0.2, 0) is 4.74 Å². The summed E-state index contributed by atoms with van der Waals surface area (Å²) in [5, 5.41) is 0. The standard InChI is InChI=1S/C10H21NO/c1-8(2)5-6-12-7-10(11)9-3-4-9/h8-10H,3-7,11H2,1-2H3. The predicted molar refractivity (Wildman–Crippen MR) is 51.0 cm³/mol. The number of hydrogen-bond acceptors (Lipinski definition) is 2. The van der Waals surface area contributed by atoms with Gasteiger partial charge in [0, 0.05) is 12.6 Å². The average Bonchev–Trinajstić information content (AvgIpc) is 2.79. The molecule has 1 rings (SSSR count). The summed E-state index contributed by atoms with van der Waals surface area (Å²) in [7, 11) is 0. The molecule has 1 aliphatic carbocycles. The molecular weight excluding hydrogens is 150 g/mol. The molecule has 0 spiro atoms. The van der Waals surface area contributed by atoms with Crippen LogP contribution in [0.15, 0.2) is 0 Å². The van der Waals surface area contributed by atoms with Gasteiger partial charge in [-0.15, -0.1) is 0 Å². The summed E-state index contributed by atoms with van der Waals surface area (Å²) in [4.78, 5) is 0. The molecule has 0 bridgehead atoms. The van der Waals surface area contributed by atoms with Gasteiger partial charge in [0.1, 0.15) is 0 Å². The van der Waals surface area contributed by atoms with Crippen molar-refractivity contribution >= 4 is 0 Å². The Kier molecular flexibility index (Phi) is 4.02. The van der Waals surface area contributed by atoms with E-state index in [1.54, 1.807) is 0 Å². The van der Waals surface area contributed by atoms with Crippen molar-refractivity contribution in [2.24, 2.45) is 17.6 Å². The zero-order chi connectivity index (χ0) is 8.97. The number of rotatable bonds is 6. The van der Waals surface area contributed by atoms with Gasteiger partial charge in [-0.25, -0.2) is 0 Å². The van der Waals surface area contributed by atoms with E-state index in [0.717, 1.165) is 31.5 Å². The Morgan fingerprint density at radius 2 is 2.08 bits per heavy atom. The summed E-state index contributed by atoms with van der Waals surface area (Å²) in [6.45, 7) is 6.06. The van der Waals surface area contributed by atoms with E-state index in [2.05, 4.69) is 13.8 Å². The lowest BCUT2D eigenvalue weighted by molar-refractivity contribution is 0.106. The first-order chi connectivity index (χ1) is 5.70. The van der Waals surface area contributed by atoms with Crippen molar-refractivity contribution < 1.29 is 4.74 Å². The average molecular weight is 171 g/mol. The lowest BCUT2D eigenvalue weighted by Gasteiger charge is -2.11. The summed E-state index contributed by atoms with van der Waals surface area (Å²) in [5.41, 5.74) is 5.87. The molecule has 1 unspecified atom stereocenters. The predicted octanol–water partition coefficient (Wildman–Crippen LogP) is 1.79. The van der Waals surface area contributed by atoms with Gasteiger partial charge < -0.3 is 10.5 Å². The van der Waals surface area contributed by atoms with Crippen molar-refractivity contribution in [3.8, 4) is 0 Å². The first-order valence-corrected chi connectivity index (χ1v) is 5.03. The Balaban J connectivity index is 1.87. The van der Waals surface area contributed by atoms with E-state index >= 15 is 0 Å². The Hall–Kier alpha value is -0.0800. The fourth-order valence-electron chi connectivity index (χ4n) is 1.20. The highest BCUT2D eigenvalue weighted by molar-refractivity contribution is 4.83. The summed E-state index contributed by atoms with van der Waals surface area (Å²) in [6.07, 6.45) is 3.78. The van der Waals surface area contributed by atoms with Crippen LogP contribution in [0.3, 0.4) is 0 Å². The topological polar surface area (TPSA) is 35.2 Å². The number of nitrogens with two attached hydrogens (primary N) is 1. The van der Waals surface area contributed by atoms with Crippen molar-refractivity contribution in [2.75, 3.05) is 13.2 Å². The number of hydrogen-bond donors (Lipinski definition) is 1. The summed E-state index contributed by atoms with van der Waals surface area (Å²) >= 11 is 0. The minimum absolute atomic E-state index is 0.303. The molecule has 0 saturated heterocycles. The third-order valence-electron chi connectivity index (χ3n) is 2.38. The molecule has 1 atom stereocenters. The van der Waals surface area contributed by atoms with Crippen LogP contribution in [0.1, 0.15) is 33.1 Å². The molecule has 1 fully saturated rings. The highest BCUT2D eigenvalue weighted by atomic mass is 16.5. The minimum atomic E-state index is 0.303. The molecular formula is C10H21NO. The molecule has 0 radical (unpaired) electrons. The molecule has 2 heteroatoms. The van der Waals surface area contributed by atoms with E-state index in [0.29, 0.717) is 6.04 Å².